The summed E-state index contributed by atoms with van der Waals surface area (Å²) in [5.41, 5.74) is 1.80. The number of nitrogen functional groups attached to an aromatic ring is 1. The number of aromatic nitrogens is 1. The summed E-state index contributed by atoms with van der Waals surface area (Å²) in [7, 11) is 0.220. The van der Waals surface area contributed by atoms with Gasteiger partial charge in [-0.05, 0) is 0 Å². The lowest BCUT2D eigenvalue weighted by Crippen LogP contribution is -2.09. The minimum atomic E-state index is -4.63. The van der Waals surface area contributed by atoms with Gasteiger partial charge in [0.2, 0.25) is 0 Å². The number of pyridine rings is 1. The summed E-state index contributed by atoms with van der Waals surface area (Å²) in [6.07, 6.45) is -2.87. The molecule has 2 N–H and O–H groups in total. The summed E-state index contributed by atoms with van der Waals surface area (Å²) < 4.78 is 47.2. The molecule has 7 nitrogen and oxygen atoms in total. The Morgan fingerprint density at radius 2 is 2.06 bits per heavy atom. The van der Waals surface area contributed by atoms with Crippen LogP contribution in [0, 0.1) is 10.1 Å². The van der Waals surface area contributed by atoms with Crippen molar-refractivity contribution < 1.29 is 22.1 Å². The molecule has 0 fully saturated rings. The van der Waals surface area contributed by atoms with Crippen molar-refractivity contribution in [2.75, 3.05) is 5.73 Å². The van der Waals surface area contributed by atoms with Crippen molar-refractivity contribution in [2.24, 2.45) is 0 Å². The number of rotatable bonds is 3. The van der Waals surface area contributed by atoms with Gasteiger partial charge in [0.15, 0.2) is 5.03 Å². The Morgan fingerprint density at radius 3 is 2.41 bits per heavy atom. The van der Waals surface area contributed by atoms with Crippen LogP contribution in [-0.2, 0) is 9.05 Å². The number of nitro groups is 1. The summed E-state index contributed by atoms with van der Waals surface area (Å²) in [5.74, 6) is 0. The van der Waals surface area contributed by atoms with Crippen molar-refractivity contribution in [1.82, 2.24) is 4.98 Å². The molecule has 0 radical (unpaired) electrons. The highest BCUT2D eigenvalue weighted by molar-refractivity contribution is 8.13. The Kier molecular flexibility index (Phi) is 3.48. The molecule has 1 heterocycles. The minimum absolute atomic E-state index is 0.583. The molecule has 0 atom stereocenters. The molecule has 0 aromatic carbocycles. The van der Waals surface area contributed by atoms with Crippen LogP contribution < -0.4 is 5.73 Å². The maximum Gasteiger partial charge on any atom is 0.305 e. The number of alkyl halides is 2. The first-order valence-corrected chi connectivity index (χ1v) is 6.12. The van der Waals surface area contributed by atoms with Crippen molar-refractivity contribution in [1.29, 1.82) is 0 Å². The summed E-state index contributed by atoms with van der Waals surface area (Å²) in [4.78, 5) is 12.4. The van der Waals surface area contributed by atoms with Gasteiger partial charge >= 0.3 is 5.69 Å². The van der Waals surface area contributed by atoms with Gasteiger partial charge in [-0.25, -0.2) is 22.2 Å². The molecule has 0 aliphatic carbocycles. The van der Waals surface area contributed by atoms with Crippen LogP contribution in [0.5, 0.6) is 0 Å². The third-order valence-corrected chi connectivity index (χ3v) is 2.94. The van der Waals surface area contributed by atoms with Crippen LogP contribution in [0.15, 0.2) is 11.2 Å². The standard InChI is InChI=1S/C6H4ClF2N3O4S/c7-17(15,16)6-3(5(8)9)4(12(13)14)2(10)1-11-6/h1,5H,10H2. The van der Waals surface area contributed by atoms with E-state index in [-0.39, 0.29) is 0 Å². The quantitative estimate of drug-likeness (QED) is 0.511. The molecule has 0 aliphatic heterocycles. The molecule has 1 rings (SSSR count). The molecule has 0 amide bonds. The number of nitrogens with two attached hydrogens (primary N) is 1. The summed E-state index contributed by atoms with van der Waals surface area (Å²) in [6.45, 7) is 0. The lowest BCUT2D eigenvalue weighted by Gasteiger charge is -2.07. The van der Waals surface area contributed by atoms with Crippen LogP contribution in [-0.4, -0.2) is 18.3 Å². The van der Waals surface area contributed by atoms with Gasteiger partial charge in [0, 0.05) is 10.7 Å². The third kappa shape index (κ3) is 2.58. The predicted octanol–water partition coefficient (Wildman–Crippen LogP) is 1.44. The van der Waals surface area contributed by atoms with Crippen LogP contribution in [0.3, 0.4) is 0 Å². The van der Waals surface area contributed by atoms with Crippen molar-refractivity contribution >= 4 is 31.1 Å². The van der Waals surface area contributed by atoms with Crippen molar-refractivity contribution in [3.05, 3.63) is 21.9 Å². The lowest BCUT2D eigenvalue weighted by atomic mass is 10.2. The van der Waals surface area contributed by atoms with Crippen LogP contribution in [0.2, 0.25) is 0 Å². The van der Waals surface area contributed by atoms with Gasteiger partial charge in [0.05, 0.1) is 11.1 Å². The second-order valence-corrected chi connectivity index (χ2v) is 5.26. The van der Waals surface area contributed by atoms with Crippen LogP contribution in [0.25, 0.3) is 0 Å². The van der Waals surface area contributed by atoms with Crippen LogP contribution >= 0.6 is 10.7 Å². The zero-order valence-electron chi connectivity index (χ0n) is 7.80. The van der Waals surface area contributed by atoms with E-state index in [0.717, 1.165) is 0 Å². The molecule has 0 aliphatic rings. The van der Waals surface area contributed by atoms with E-state index in [1.165, 1.54) is 0 Å². The second kappa shape index (κ2) is 4.37. The number of halogens is 3. The topological polar surface area (TPSA) is 116 Å². The van der Waals surface area contributed by atoms with Gasteiger partial charge in [0.1, 0.15) is 11.3 Å². The molecule has 17 heavy (non-hydrogen) atoms. The average molecular weight is 288 g/mol. The monoisotopic (exact) mass is 287 g/mol. The number of hydrogen-bond acceptors (Lipinski definition) is 6. The molecule has 1 aromatic rings. The highest BCUT2D eigenvalue weighted by atomic mass is 35.7. The summed E-state index contributed by atoms with van der Waals surface area (Å²) >= 11 is 0. The minimum Gasteiger partial charge on any atom is -0.392 e. The van der Waals surface area contributed by atoms with Gasteiger partial charge < -0.3 is 5.73 Å². The third-order valence-electron chi connectivity index (χ3n) is 1.71. The van der Waals surface area contributed by atoms with Gasteiger partial charge in [0.25, 0.3) is 15.5 Å². The van der Waals surface area contributed by atoms with E-state index in [0.29, 0.717) is 6.20 Å². The molecule has 11 heteroatoms. The fourth-order valence-electron chi connectivity index (χ4n) is 1.11. The van der Waals surface area contributed by atoms with E-state index in [1.54, 1.807) is 0 Å². The highest BCUT2D eigenvalue weighted by Crippen LogP contribution is 2.37. The zero-order valence-corrected chi connectivity index (χ0v) is 9.37. The molecule has 0 unspecified atom stereocenters. The summed E-state index contributed by atoms with van der Waals surface area (Å²) in [6, 6.07) is 0. The lowest BCUT2D eigenvalue weighted by molar-refractivity contribution is -0.385. The first-order valence-electron chi connectivity index (χ1n) is 3.81. The molecule has 0 saturated heterocycles. The fourth-order valence-corrected chi connectivity index (χ4v) is 2.11. The highest BCUT2D eigenvalue weighted by Gasteiger charge is 2.34. The van der Waals surface area contributed by atoms with E-state index >= 15 is 0 Å². The smallest absolute Gasteiger partial charge is 0.305 e. The second-order valence-electron chi connectivity index (χ2n) is 2.78. The largest absolute Gasteiger partial charge is 0.392 e. The normalized spacial score (nSPS) is 11.8. The number of hydrogen-bond donors (Lipinski definition) is 1. The molecular formula is C6H4ClF2N3O4S. The Hall–Kier alpha value is -1.55. The van der Waals surface area contributed by atoms with Gasteiger partial charge in [-0.2, -0.15) is 0 Å². The first kappa shape index (κ1) is 13.5. The van der Waals surface area contributed by atoms with Gasteiger partial charge in [-0.15, -0.1) is 0 Å². The molecule has 0 bridgehead atoms. The molecule has 0 saturated carbocycles. The molecular weight excluding hydrogens is 284 g/mol. The van der Waals surface area contributed by atoms with Crippen molar-refractivity contribution in [3.8, 4) is 0 Å². The van der Waals surface area contributed by atoms with E-state index in [4.69, 9.17) is 16.4 Å². The van der Waals surface area contributed by atoms with Crippen LogP contribution in [0.1, 0.15) is 12.0 Å². The maximum absolute atomic E-state index is 12.6. The number of nitrogens with zero attached hydrogens (tertiary/aromatic N) is 2. The maximum atomic E-state index is 12.6. The number of anilines is 1. The van der Waals surface area contributed by atoms with Gasteiger partial charge in [-0.1, -0.05) is 0 Å². The van der Waals surface area contributed by atoms with E-state index in [9.17, 15) is 27.3 Å². The zero-order chi connectivity index (χ0) is 13.4. The van der Waals surface area contributed by atoms with E-state index < -0.39 is 42.4 Å². The van der Waals surface area contributed by atoms with Crippen LogP contribution in [0.4, 0.5) is 20.2 Å². The predicted molar refractivity (Wildman–Crippen MR) is 53.3 cm³/mol. The first-order chi connectivity index (χ1) is 7.66. The molecule has 0 spiro atoms. The van der Waals surface area contributed by atoms with Crippen molar-refractivity contribution in [3.63, 3.8) is 0 Å². The fraction of sp³-hybridized carbons (Fsp3) is 0.167. The molecule has 1 aromatic heterocycles. The Bertz CT molecular complexity index is 577. The van der Waals surface area contributed by atoms with E-state index in [2.05, 4.69) is 4.98 Å². The molecule has 94 valence electrons. The van der Waals surface area contributed by atoms with Gasteiger partial charge in [-0.3, -0.25) is 10.1 Å². The Labute approximate surface area is 97.8 Å². The van der Waals surface area contributed by atoms with Crippen molar-refractivity contribution in [2.45, 2.75) is 11.5 Å². The summed E-state index contributed by atoms with van der Waals surface area (Å²) in [5, 5.41) is 9.28. The Morgan fingerprint density at radius 1 is 1.53 bits per heavy atom. The Balaban J connectivity index is 3.78. The van der Waals surface area contributed by atoms with E-state index in [1.807, 2.05) is 0 Å². The average Bonchev–Trinajstić information content (AvgIpc) is 2.14. The SMILES string of the molecule is Nc1cnc(S(=O)(=O)Cl)c(C(F)F)c1[N+](=O)[O-].